The second-order valence-corrected chi connectivity index (χ2v) is 7.17. The summed E-state index contributed by atoms with van der Waals surface area (Å²) in [6, 6.07) is 17.0. The van der Waals surface area contributed by atoms with Gasteiger partial charge in [0.2, 0.25) is 0 Å². The number of rotatable bonds is 4. The van der Waals surface area contributed by atoms with Gasteiger partial charge in [0.1, 0.15) is 5.69 Å². The van der Waals surface area contributed by atoms with E-state index in [-0.39, 0.29) is 5.92 Å². The average Bonchev–Trinajstić information content (AvgIpc) is 3.18. The highest BCUT2D eigenvalue weighted by molar-refractivity contribution is 5.77. The van der Waals surface area contributed by atoms with Crippen LogP contribution >= 0.6 is 0 Å². The van der Waals surface area contributed by atoms with Gasteiger partial charge < -0.3 is 10.2 Å². The van der Waals surface area contributed by atoms with E-state index in [9.17, 15) is 18.0 Å². The molecule has 0 spiro atoms. The number of alkyl halides is 3. The van der Waals surface area contributed by atoms with Crippen LogP contribution in [-0.4, -0.2) is 35.2 Å². The van der Waals surface area contributed by atoms with Crippen LogP contribution in [0.25, 0.3) is 22.4 Å². The average molecular weight is 415 g/mol. The molecule has 1 aliphatic heterocycles. The van der Waals surface area contributed by atoms with E-state index in [0.29, 0.717) is 16.1 Å². The minimum absolute atomic E-state index is 0.111. The van der Waals surface area contributed by atoms with E-state index >= 15 is 0 Å². The maximum Gasteiger partial charge on any atom is 0.493 e. The molecule has 0 saturated carbocycles. The molecule has 0 aliphatic carbocycles. The number of carbonyl (C=O) groups is 1. The van der Waals surface area contributed by atoms with Crippen LogP contribution in [0.15, 0.2) is 60.8 Å². The third kappa shape index (κ3) is 4.23. The summed E-state index contributed by atoms with van der Waals surface area (Å²) in [5.74, 6) is -2.19. The number of carbonyl (C=O) groups excluding carboxylic acids is 1. The number of nitrogens with one attached hydrogen (secondary N) is 1. The van der Waals surface area contributed by atoms with Gasteiger partial charge in [0, 0.05) is 11.1 Å². The van der Waals surface area contributed by atoms with E-state index < -0.39 is 12.1 Å². The Morgan fingerprint density at radius 1 is 1.00 bits per heavy atom. The monoisotopic (exact) mass is 415 g/mol. The third-order valence-electron chi connectivity index (χ3n) is 5.19. The first-order valence-electron chi connectivity index (χ1n) is 9.67. The SMILES string of the molecule is O=C(On1ncc(C2CCNCC2)c1-c1cccc(-c2ccccc2)c1)C(F)(F)F. The molecule has 1 aliphatic rings. The Bertz CT molecular complexity index is 1030. The molecule has 1 saturated heterocycles. The Morgan fingerprint density at radius 2 is 1.67 bits per heavy atom. The number of hydrogen-bond donors (Lipinski definition) is 1. The number of halogens is 3. The number of hydrogen-bond acceptors (Lipinski definition) is 4. The van der Waals surface area contributed by atoms with Crippen molar-refractivity contribution in [2.24, 2.45) is 0 Å². The quantitative estimate of drug-likeness (QED) is 0.694. The Hall–Kier alpha value is -3.13. The topological polar surface area (TPSA) is 56.2 Å². The Labute approximate surface area is 171 Å². The Morgan fingerprint density at radius 3 is 2.37 bits per heavy atom. The van der Waals surface area contributed by atoms with Gasteiger partial charge in [-0.05, 0) is 49.0 Å². The van der Waals surface area contributed by atoms with Crippen LogP contribution in [-0.2, 0) is 4.79 Å². The van der Waals surface area contributed by atoms with E-state index in [4.69, 9.17) is 0 Å². The molecule has 2 heterocycles. The minimum Gasteiger partial charge on any atom is -0.317 e. The van der Waals surface area contributed by atoms with E-state index in [2.05, 4.69) is 15.3 Å². The number of nitrogens with zero attached hydrogens (tertiary/aromatic N) is 2. The molecule has 1 aromatic heterocycles. The lowest BCUT2D eigenvalue weighted by Crippen LogP contribution is -2.34. The van der Waals surface area contributed by atoms with Crippen molar-refractivity contribution in [1.82, 2.24) is 15.3 Å². The maximum atomic E-state index is 12.8. The van der Waals surface area contributed by atoms with Crippen LogP contribution in [0.1, 0.15) is 24.3 Å². The van der Waals surface area contributed by atoms with Crippen molar-refractivity contribution in [3.05, 3.63) is 66.4 Å². The van der Waals surface area contributed by atoms with Crippen LogP contribution < -0.4 is 10.2 Å². The molecular weight excluding hydrogens is 395 g/mol. The van der Waals surface area contributed by atoms with Crippen molar-refractivity contribution in [2.45, 2.75) is 24.9 Å². The van der Waals surface area contributed by atoms with Crippen molar-refractivity contribution in [3.63, 3.8) is 0 Å². The fourth-order valence-corrected chi connectivity index (χ4v) is 3.73. The molecule has 30 heavy (non-hydrogen) atoms. The van der Waals surface area contributed by atoms with E-state index in [1.807, 2.05) is 48.5 Å². The molecule has 2 aromatic carbocycles. The Kier molecular flexibility index (Phi) is 5.59. The van der Waals surface area contributed by atoms with Crippen molar-refractivity contribution < 1.29 is 22.8 Å². The number of benzene rings is 2. The lowest BCUT2D eigenvalue weighted by atomic mass is 9.88. The van der Waals surface area contributed by atoms with Gasteiger partial charge in [0.05, 0.1) is 6.20 Å². The Balaban J connectivity index is 1.78. The second kappa shape index (κ2) is 8.31. The van der Waals surface area contributed by atoms with Crippen LogP contribution in [0, 0.1) is 0 Å². The fourth-order valence-electron chi connectivity index (χ4n) is 3.73. The molecule has 156 valence electrons. The summed E-state index contributed by atoms with van der Waals surface area (Å²) >= 11 is 0. The predicted molar refractivity (Wildman–Crippen MR) is 106 cm³/mol. The minimum atomic E-state index is -5.11. The van der Waals surface area contributed by atoms with E-state index in [1.54, 1.807) is 6.07 Å². The summed E-state index contributed by atoms with van der Waals surface area (Å²) < 4.78 is 38.4. The molecule has 1 N–H and O–H groups in total. The lowest BCUT2D eigenvalue weighted by Gasteiger charge is -2.23. The summed E-state index contributed by atoms with van der Waals surface area (Å²) in [6.07, 6.45) is -1.96. The van der Waals surface area contributed by atoms with E-state index in [0.717, 1.165) is 42.6 Å². The second-order valence-electron chi connectivity index (χ2n) is 7.17. The largest absolute Gasteiger partial charge is 0.493 e. The zero-order valence-electron chi connectivity index (χ0n) is 16.0. The highest BCUT2D eigenvalue weighted by Crippen LogP contribution is 2.35. The molecule has 8 heteroatoms. The summed E-state index contributed by atoms with van der Waals surface area (Å²) in [5.41, 5.74) is 3.66. The van der Waals surface area contributed by atoms with Gasteiger partial charge in [0.25, 0.3) is 0 Å². The number of aromatic nitrogens is 2. The predicted octanol–water partition coefficient (Wildman–Crippen LogP) is 4.20. The van der Waals surface area contributed by atoms with E-state index in [1.165, 1.54) is 6.20 Å². The van der Waals surface area contributed by atoms with Crippen molar-refractivity contribution in [2.75, 3.05) is 13.1 Å². The van der Waals surface area contributed by atoms with Gasteiger partial charge in [-0.2, -0.15) is 13.2 Å². The smallest absolute Gasteiger partial charge is 0.317 e. The zero-order valence-corrected chi connectivity index (χ0v) is 16.0. The van der Waals surface area contributed by atoms with Crippen LogP contribution in [0.3, 0.4) is 0 Å². The molecule has 4 rings (SSSR count). The highest BCUT2D eigenvalue weighted by atomic mass is 19.4. The van der Waals surface area contributed by atoms with Gasteiger partial charge >= 0.3 is 12.1 Å². The van der Waals surface area contributed by atoms with Crippen LogP contribution in [0.2, 0.25) is 0 Å². The molecular formula is C22H20F3N3O2. The molecule has 0 radical (unpaired) electrons. The standard InChI is InChI=1S/C22H20F3N3O2/c23-22(24,25)21(29)30-28-20(19(14-27-28)16-9-11-26-12-10-16)18-8-4-7-17(13-18)15-5-2-1-3-6-15/h1-8,13-14,16,26H,9-12H2. The maximum absolute atomic E-state index is 12.8. The highest BCUT2D eigenvalue weighted by Gasteiger charge is 2.42. The molecule has 3 aromatic rings. The molecule has 0 amide bonds. The van der Waals surface area contributed by atoms with Gasteiger partial charge in [-0.1, -0.05) is 53.4 Å². The molecule has 1 fully saturated rings. The van der Waals surface area contributed by atoms with Gasteiger partial charge in [-0.25, -0.2) is 4.79 Å². The molecule has 0 atom stereocenters. The summed E-state index contributed by atoms with van der Waals surface area (Å²) in [7, 11) is 0. The molecule has 5 nitrogen and oxygen atoms in total. The normalized spacial score (nSPS) is 15.2. The first kappa shape index (κ1) is 20.2. The fraction of sp³-hybridized carbons (Fsp3) is 0.273. The molecule has 0 unspecified atom stereocenters. The van der Waals surface area contributed by atoms with Gasteiger partial charge in [0.15, 0.2) is 0 Å². The third-order valence-corrected chi connectivity index (χ3v) is 5.19. The van der Waals surface area contributed by atoms with Crippen molar-refractivity contribution >= 4 is 5.97 Å². The summed E-state index contributed by atoms with van der Waals surface area (Å²) in [4.78, 5) is 16.8. The van der Waals surface area contributed by atoms with Gasteiger partial charge in [-0.15, -0.1) is 5.10 Å². The van der Waals surface area contributed by atoms with Crippen molar-refractivity contribution in [3.8, 4) is 22.4 Å². The van der Waals surface area contributed by atoms with Crippen LogP contribution in [0.4, 0.5) is 13.2 Å². The van der Waals surface area contributed by atoms with Crippen LogP contribution in [0.5, 0.6) is 0 Å². The number of piperidine rings is 1. The first-order valence-corrected chi connectivity index (χ1v) is 9.67. The summed E-state index contributed by atoms with van der Waals surface area (Å²) in [5, 5.41) is 7.25. The van der Waals surface area contributed by atoms with Gasteiger partial charge in [-0.3, -0.25) is 0 Å². The summed E-state index contributed by atoms with van der Waals surface area (Å²) in [6.45, 7) is 1.61. The lowest BCUT2D eigenvalue weighted by molar-refractivity contribution is -0.201. The first-order chi connectivity index (χ1) is 14.4. The van der Waals surface area contributed by atoms with Crippen molar-refractivity contribution in [1.29, 1.82) is 0 Å². The zero-order chi connectivity index (χ0) is 21.1. The molecule has 0 bridgehead atoms.